The van der Waals surface area contributed by atoms with E-state index >= 15 is 0 Å². The molecule has 0 atom stereocenters. The molecule has 0 nitrogen and oxygen atoms in total. The number of thiophene rings is 1. The van der Waals surface area contributed by atoms with Crippen LogP contribution in [-0.2, 0) is 0 Å². The summed E-state index contributed by atoms with van der Waals surface area (Å²) in [5, 5.41) is 5.15. The van der Waals surface area contributed by atoms with Crippen molar-refractivity contribution in [2.75, 3.05) is 0 Å². The van der Waals surface area contributed by atoms with Crippen molar-refractivity contribution in [2.45, 2.75) is 4.90 Å². The normalized spacial score (nSPS) is 11.5. The lowest BCUT2D eigenvalue weighted by Gasteiger charge is -2.10. The van der Waals surface area contributed by atoms with E-state index < -0.39 is 0 Å². The first-order chi connectivity index (χ1) is 11.8. The van der Waals surface area contributed by atoms with Crippen LogP contribution >= 0.6 is 24.0 Å². The maximum atomic E-state index is 4.63. The van der Waals surface area contributed by atoms with Crippen LogP contribution in [0.4, 0.5) is 0 Å². The highest BCUT2D eigenvalue weighted by Gasteiger charge is 2.12. The van der Waals surface area contributed by atoms with Crippen LogP contribution < -0.4 is 0 Å². The van der Waals surface area contributed by atoms with Gasteiger partial charge in [0.15, 0.2) is 0 Å². The van der Waals surface area contributed by atoms with Gasteiger partial charge in [-0.15, -0.1) is 24.0 Å². The van der Waals surface area contributed by atoms with Gasteiger partial charge in [-0.2, -0.15) is 0 Å². The zero-order valence-electron chi connectivity index (χ0n) is 12.9. The standard InChI is InChI=1S/C22H14S2/c23-20-13-12-15(14-6-1-2-7-16(14)20)18-9-5-10-19-17-8-3-4-11-21(17)24-22(18)19/h1-13,23H. The number of hydrogen-bond acceptors (Lipinski definition) is 2. The molecule has 0 unspecified atom stereocenters. The van der Waals surface area contributed by atoms with E-state index in [2.05, 4.69) is 91.5 Å². The van der Waals surface area contributed by atoms with Crippen molar-refractivity contribution in [3.63, 3.8) is 0 Å². The molecule has 24 heavy (non-hydrogen) atoms. The van der Waals surface area contributed by atoms with Crippen LogP contribution in [0, 0.1) is 0 Å². The van der Waals surface area contributed by atoms with Gasteiger partial charge in [0.25, 0.3) is 0 Å². The lowest BCUT2D eigenvalue weighted by atomic mass is 9.97. The van der Waals surface area contributed by atoms with E-state index in [9.17, 15) is 0 Å². The lowest BCUT2D eigenvalue weighted by molar-refractivity contribution is 1.55. The molecule has 5 rings (SSSR count). The average molecular weight is 342 g/mol. The van der Waals surface area contributed by atoms with E-state index in [-0.39, 0.29) is 0 Å². The summed E-state index contributed by atoms with van der Waals surface area (Å²) >= 11 is 6.50. The zero-order valence-corrected chi connectivity index (χ0v) is 14.6. The summed E-state index contributed by atoms with van der Waals surface area (Å²) in [4.78, 5) is 1.03. The lowest BCUT2D eigenvalue weighted by Crippen LogP contribution is -1.83. The first kappa shape index (κ1) is 14.1. The van der Waals surface area contributed by atoms with Crippen molar-refractivity contribution in [1.29, 1.82) is 0 Å². The van der Waals surface area contributed by atoms with E-state index in [0.717, 1.165) is 4.90 Å². The third-order valence-electron chi connectivity index (χ3n) is 4.60. The molecule has 0 amide bonds. The first-order valence-corrected chi connectivity index (χ1v) is 9.20. The summed E-state index contributed by atoms with van der Waals surface area (Å²) in [6.07, 6.45) is 0. The number of thiol groups is 1. The highest BCUT2D eigenvalue weighted by Crippen LogP contribution is 2.42. The van der Waals surface area contributed by atoms with Crippen molar-refractivity contribution in [3.05, 3.63) is 78.9 Å². The van der Waals surface area contributed by atoms with Gasteiger partial charge < -0.3 is 0 Å². The van der Waals surface area contributed by atoms with Gasteiger partial charge in [0.05, 0.1) is 0 Å². The Morgan fingerprint density at radius 2 is 1.25 bits per heavy atom. The van der Waals surface area contributed by atoms with Crippen LogP contribution in [0.1, 0.15) is 0 Å². The molecule has 1 aromatic heterocycles. The van der Waals surface area contributed by atoms with Crippen molar-refractivity contribution in [3.8, 4) is 11.1 Å². The van der Waals surface area contributed by atoms with Gasteiger partial charge in [0.1, 0.15) is 0 Å². The predicted molar refractivity (Wildman–Crippen MR) is 110 cm³/mol. The summed E-state index contributed by atoms with van der Waals surface area (Å²) in [5.41, 5.74) is 2.58. The van der Waals surface area contributed by atoms with E-state index in [0.29, 0.717) is 0 Å². The van der Waals surface area contributed by atoms with Gasteiger partial charge in [0, 0.05) is 30.6 Å². The molecule has 0 N–H and O–H groups in total. The predicted octanol–water partition coefficient (Wildman–Crippen LogP) is 7.16. The van der Waals surface area contributed by atoms with Crippen molar-refractivity contribution < 1.29 is 0 Å². The van der Waals surface area contributed by atoms with Crippen molar-refractivity contribution >= 4 is 54.9 Å². The van der Waals surface area contributed by atoms with Gasteiger partial charge in [-0.3, -0.25) is 0 Å². The number of benzene rings is 4. The third-order valence-corrected chi connectivity index (χ3v) is 6.21. The van der Waals surface area contributed by atoms with E-state index in [1.807, 2.05) is 11.3 Å². The Kier molecular flexibility index (Phi) is 3.15. The molecule has 0 aliphatic carbocycles. The van der Waals surface area contributed by atoms with E-state index in [1.54, 1.807) is 0 Å². The third kappa shape index (κ3) is 2.00. The summed E-state index contributed by atoms with van der Waals surface area (Å²) in [6.45, 7) is 0. The molecular weight excluding hydrogens is 328 g/mol. The molecule has 0 radical (unpaired) electrons. The minimum atomic E-state index is 1.03. The quantitative estimate of drug-likeness (QED) is 0.307. The molecule has 0 aliphatic rings. The molecule has 0 bridgehead atoms. The Hall–Kier alpha value is -2.29. The molecule has 2 heteroatoms. The van der Waals surface area contributed by atoms with Crippen LogP contribution in [0.2, 0.25) is 0 Å². The summed E-state index contributed by atoms with van der Waals surface area (Å²) in [7, 11) is 0. The Morgan fingerprint density at radius 3 is 2.12 bits per heavy atom. The van der Waals surface area contributed by atoms with Crippen molar-refractivity contribution in [2.24, 2.45) is 0 Å². The number of hydrogen-bond donors (Lipinski definition) is 1. The molecule has 5 aromatic rings. The maximum Gasteiger partial charge on any atom is 0.0434 e. The minimum absolute atomic E-state index is 1.03. The average Bonchev–Trinajstić information content (AvgIpc) is 3.01. The second-order valence-electron chi connectivity index (χ2n) is 5.96. The summed E-state index contributed by atoms with van der Waals surface area (Å²) in [6, 6.07) is 28.1. The second kappa shape index (κ2) is 5.37. The summed E-state index contributed by atoms with van der Waals surface area (Å²) in [5.74, 6) is 0. The van der Waals surface area contributed by atoms with Gasteiger partial charge in [-0.05, 0) is 28.5 Å². The van der Waals surface area contributed by atoms with Crippen LogP contribution in [0.15, 0.2) is 83.8 Å². The fraction of sp³-hybridized carbons (Fsp3) is 0. The fourth-order valence-corrected chi connectivity index (χ4v) is 4.98. The Morgan fingerprint density at radius 1 is 0.542 bits per heavy atom. The Balaban J connectivity index is 1.92. The number of fused-ring (bicyclic) bond motifs is 4. The molecule has 0 aliphatic heterocycles. The van der Waals surface area contributed by atoms with Gasteiger partial charge in [-0.25, -0.2) is 0 Å². The molecule has 1 heterocycles. The summed E-state index contributed by atoms with van der Waals surface area (Å²) < 4.78 is 2.70. The molecule has 0 spiro atoms. The number of rotatable bonds is 1. The Bertz CT molecular complexity index is 1210. The van der Waals surface area contributed by atoms with Crippen LogP contribution in [0.5, 0.6) is 0 Å². The largest absolute Gasteiger partial charge is 0.143 e. The molecule has 4 aromatic carbocycles. The van der Waals surface area contributed by atoms with Crippen LogP contribution in [0.25, 0.3) is 42.1 Å². The molecule has 0 saturated carbocycles. The van der Waals surface area contributed by atoms with Crippen LogP contribution in [0.3, 0.4) is 0 Å². The molecule has 114 valence electrons. The smallest absolute Gasteiger partial charge is 0.0434 e. The highest BCUT2D eigenvalue weighted by molar-refractivity contribution is 7.80. The molecular formula is C22H14S2. The highest BCUT2D eigenvalue weighted by atomic mass is 32.1. The van der Waals surface area contributed by atoms with E-state index in [4.69, 9.17) is 0 Å². The van der Waals surface area contributed by atoms with Gasteiger partial charge >= 0.3 is 0 Å². The first-order valence-electron chi connectivity index (χ1n) is 7.94. The monoisotopic (exact) mass is 342 g/mol. The van der Waals surface area contributed by atoms with Gasteiger partial charge in [0.2, 0.25) is 0 Å². The fourth-order valence-electron chi connectivity index (χ4n) is 3.48. The molecule has 0 fully saturated rings. The molecule has 0 saturated heterocycles. The maximum absolute atomic E-state index is 4.63. The van der Waals surface area contributed by atoms with Crippen molar-refractivity contribution in [1.82, 2.24) is 0 Å². The minimum Gasteiger partial charge on any atom is -0.143 e. The Labute approximate surface area is 149 Å². The topological polar surface area (TPSA) is 0 Å². The second-order valence-corrected chi connectivity index (χ2v) is 7.49. The zero-order chi connectivity index (χ0) is 16.1. The van der Waals surface area contributed by atoms with Crippen LogP contribution in [-0.4, -0.2) is 0 Å². The van der Waals surface area contributed by atoms with E-state index in [1.165, 1.54) is 42.1 Å². The van der Waals surface area contributed by atoms with Gasteiger partial charge in [-0.1, -0.05) is 66.7 Å². The SMILES string of the molecule is Sc1ccc(-c2cccc3c2sc2ccccc23)c2ccccc12.